The lowest BCUT2D eigenvalue weighted by Gasteiger charge is -2.48. The van der Waals surface area contributed by atoms with Crippen LogP contribution in [0.25, 0.3) is 0 Å². The van der Waals surface area contributed by atoms with Crippen LogP contribution < -0.4 is 10.2 Å². The summed E-state index contributed by atoms with van der Waals surface area (Å²) in [6.07, 6.45) is 1.10. The van der Waals surface area contributed by atoms with Crippen molar-refractivity contribution in [2.75, 3.05) is 16.8 Å². The number of hydrogen-bond acceptors (Lipinski definition) is 3. The summed E-state index contributed by atoms with van der Waals surface area (Å²) in [5.74, 6) is -0.300. The van der Waals surface area contributed by atoms with Crippen molar-refractivity contribution < 1.29 is 14.4 Å². The maximum Gasteiger partial charge on any atom is 0.257 e. The van der Waals surface area contributed by atoms with E-state index in [-0.39, 0.29) is 30.7 Å². The molecule has 2 aliphatic rings. The lowest BCUT2D eigenvalue weighted by molar-refractivity contribution is -0.117. The third kappa shape index (κ3) is 3.33. The van der Waals surface area contributed by atoms with E-state index in [2.05, 4.69) is 21.2 Å². The van der Waals surface area contributed by atoms with Crippen molar-refractivity contribution in [1.82, 2.24) is 4.90 Å². The summed E-state index contributed by atoms with van der Waals surface area (Å²) in [4.78, 5) is 41.7. The molecule has 6 nitrogen and oxygen atoms in total. The fourth-order valence-electron chi connectivity index (χ4n) is 4.20. The summed E-state index contributed by atoms with van der Waals surface area (Å²) >= 11 is 3.45. The summed E-state index contributed by atoms with van der Waals surface area (Å²) in [5, 5.41) is 2.89. The minimum Gasteiger partial charge on any atom is -0.326 e. The Morgan fingerprint density at radius 3 is 2.72 bits per heavy atom. The normalized spacial score (nSPS) is 20.5. The Labute approximate surface area is 178 Å². The maximum absolute atomic E-state index is 13.2. The second-order valence-corrected chi connectivity index (χ2v) is 8.54. The molecule has 2 aromatic rings. The second-order valence-electron chi connectivity index (χ2n) is 7.68. The van der Waals surface area contributed by atoms with Gasteiger partial charge in [0.1, 0.15) is 5.66 Å². The van der Waals surface area contributed by atoms with Gasteiger partial charge in [0.05, 0.1) is 11.3 Å². The average molecular weight is 456 g/mol. The molecule has 0 aromatic heterocycles. The van der Waals surface area contributed by atoms with Gasteiger partial charge in [0.15, 0.2) is 0 Å². The van der Waals surface area contributed by atoms with Gasteiger partial charge in [-0.05, 0) is 56.2 Å². The van der Waals surface area contributed by atoms with Crippen LogP contribution in [-0.4, -0.2) is 34.8 Å². The minimum atomic E-state index is -0.739. The number of benzene rings is 2. The minimum absolute atomic E-state index is 0.00670. The number of anilines is 2. The smallest absolute Gasteiger partial charge is 0.257 e. The first-order valence-corrected chi connectivity index (χ1v) is 10.4. The van der Waals surface area contributed by atoms with Crippen LogP contribution in [0.1, 0.15) is 42.1 Å². The highest BCUT2D eigenvalue weighted by Crippen LogP contribution is 2.43. The zero-order valence-electron chi connectivity index (χ0n) is 16.4. The van der Waals surface area contributed by atoms with E-state index >= 15 is 0 Å². The number of fused-ring (bicyclic) bond motifs is 3. The van der Waals surface area contributed by atoms with Gasteiger partial charge in [-0.2, -0.15) is 0 Å². The Balaban J connectivity index is 1.53. The topological polar surface area (TPSA) is 69.7 Å². The summed E-state index contributed by atoms with van der Waals surface area (Å²) in [6.45, 7) is 4.10. The first kappa shape index (κ1) is 19.6. The highest BCUT2D eigenvalue weighted by molar-refractivity contribution is 9.10. The van der Waals surface area contributed by atoms with Crippen molar-refractivity contribution in [3.05, 3.63) is 58.1 Å². The number of amides is 3. The lowest BCUT2D eigenvalue weighted by atomic mass is 9.98. The zero-order chi connectivity index (χ0) is 20.8. The number of rotatable bonds is 4. The molecule has 1 fully saturated rings. The van der Waals surface area contributed by atoms with E-state index in [4.69, 9.17) is 0 Å². The molecular formula is C22H22BrN3O3. The molecule has 150 valence electrons. The first-order chi connectivity index (χ1) is 13.8. The van der Waals surface area contributed by atoms with Crippen molar-refractivity contribution in [3.8, 4) is 0 Å². The van der Waals surface area contributed by atoms with Gasteiger partial charge < -0.3 is 10.2 Å². The summed E-state index contributed by atoms with van der Waals surface area (Å²) in [7, 11) is 0. The summed E-state index contributed by atoms with van der Waals surface area (Å²) in [5.41, 5.74) is 2.17. The quantitative estimate of drug-likeness (QED) is 0.754. The largest absolute Gasteiger partial charge is 0.326 e. The van der Waals surface area contributed by atoms with E-state index in [1.807, 2.05) is 44.2 Å². The van der Waals surface area contributed by atoms with Crippen LogP contribution in [0.2, 0.25) is 0 Å². The number of carbonyl (C=O) groups excluding carboxylic acids is 3. The summed E-state index contributed by atoms with van der Waals surface area (Å²) in [6, 6.07) is 12.8. The molecule has 0 radical (unpaired) electrons. The Morgan fingerprint density at radius 2 is 1.97 bits per heavy atom. The molecule has 1 N–H and O–H groups in total. The summed E-state index contributed by atoms with van der Waals surface area (Å²) < 4.78 is 0.979. The fraction of sp³-hybridized carbons (Fsp3) is 0.318. The number of hydrogen-bond donors (Lipinski definition) is 1. The monoisotopic (exact) mass is 455 g/mol. The molecule has 0 saturated carbocycles. The number of para-hydroxylation sites is 1. The molecule has 4 rings (SSSR count). The molecule has 29 heavy (non-hydrogen) atoms. The van der Waals surface area contributed by atoms with Crippen LogP contribution in [-0.2, 0) is 9.59 Å². The van der Waals surface area contributed by atoms with Gasteiger partial charge in [0.2, 0.25) is 11.8 Å². The van der Waals surface area contributed by atoms with Gasteiger partial charge in [-0.15, -0.1) is 0 Å². The Morgan fingerprint density at radius 1 is 1.21 bits per heavy atom. The molecule has 3 amide bonds. The van der Waals surface area contributed by atoms with Gasteiger partial charge in [0.25, 0.3) is 5.91 Å². The number of nitrogens with zero attached hydrogens (tertiary/aromatic N) is 2. The number of nitrogens with one attached hydrogen (secondary N) is 1. The van der Waals surface area contributed by atoms with Crippen molar-refractivity contribution in [1.29, 1.82) is 0 Å². The van der Waals surface area contributed by atoms with Crippen molar-refractivity contribution in [2.24, 2.45) is 0 Å². The van der Waals surface area contributed by atoms with Gasteiger partial charge in [-0.25, -0.2) is 0 Å². The molecule has 0 spiro atoms. The molecule has 1 atom stereocenters. The zero-order valence-corrected chi connectivity index (χ0v) is 18.0. The van der Waals surface area contributed by atoms with Crippen LogP contribution in [0, 0.1) is 6.92 Å². The van der Waals surface area contributed by atoms with Crippen molar-refractivity contribution in [2.45, 2.75) is 38.8 Å². The number of halogens is 1. The van der Waals surface area contributed by atoms with E-state index < -0.39 is 5.66 Å². The Bertz CT molecular complexity index is 1020. The molecule has 0 bridgehead atoms. The molecule has 2 aliphatic heterocycles. The fourth-order valence-corrected chi connectivity index (χ4v) is 4.45. The van der Waals surface area contributed by atoms with Crippen LogP contribution in [0.4, 0.5) is 11.4 Å². The maximum atomic E-state index is 13.2. The van der Waals surface area contributed by atoms with Gasteiger partial charge in [-0.1, -0.05) is 28.1 Å². The van der Waals surface area contributed by atoms with Crippen molar-refractivity contribution in [3.63, 3.8) is 0 Å². The molecule has 1 saturated heterocycles. The molecule has 0 unspecified atom stereocenters. The van der Waals surface area contributed by atoms with Crippen molar-refractivity contribution >= 4 is 45.0 Å². The molecule has 7 heteroatoms. The SMILES string of the molecule is Cc1cc(NC(=O)CCN2C(=O)c3ccccc3N3C(=O)CC[C@@]23C)ccc1Br. The number of carbonyl (C=O) groups is 3. The Kier molecular flexibility index (Phi) is 4.94. The average Bonchev–Trinajstić information content (AvgIpc) is 3.00. The van der Waals surface area contributed by atoms with Gasteiger partial charge in [0, 0.05) is 29.5 Å². The standard InChI is InChI=1S/C22H22BrN3O3/c1-14-13-15(7-8-17(14)23)24-19(27)10-12-25-21(29)16-5-3-4-6-18(16)26-20(28)9-11-22(25,26)2/h3-8,13H,9-12H2,1-2H3,(H,24,27)/t22-/m0/s1. The van der Waals surface area contributed by atoms with E-state index in [0.29, 0.717) is 24.1 Å². The van der Waals surface area contributed by atoms with Crippen LogP contribution >= 0.6 is 15.9 Å². The first-order valence-electron chi connectivity index (χ1n) is 9.61. The van der Waals surface area contributed by atoms with Crippen LogP contribution in [0.15, 0.2) is 46.9 Å². The highest BCUT2D eigenvalue weighted by atomic mass is 79.9. The van der Waals surface area contributed by atoms with Gasteiger partial charge >= 0.3 is 0 Å². The third-order valence-electron chi connectivity index (χ3n) is 5.75. The lowest BCUT2D eigenvalue weighted by Crippen LogP contribution is -2.62. The second kappa shape index (κ2) is 7.30. The van der Waals surface area contributed by atoms with Gasteiger partial charge in [-0.3, -0.25) is 19.3 Å². The van der Waals surface area contributed by atoms with E-state index in [1.165, 1.54) is 0 Å². The van der Waals surface area contributed by atoms with E-state index in [1.54, 1.807) is 21.9 Å². The van der Waals surface area contributed by atoms with E-state index in [0.717, 1.165) is 15.7 Å². The Hall–Kier alpha value is -2.67. The number of aryl methyl sites for hydroxylation is 1. The molecule has 0 aliphatic carbocycles. The molecular weight excluding hydrogens is 434 g/mol. The highest BCUT2D eigenvalue weighted by Gasteiger charge is 2.52. The third-order valence-corrected chi connectivity index (χ3v) is 6.64. The molecule has 2 aromatic carbocycles. The predicted molar refractivity (Wildman–Crippen MR) is 115 cm³/mol. The predicted octanol–water partition coefficient (Wildman–Crippen LogP) is 4.09. The van der Waals surface area contributed by atoms with E-state index in [9.17, 15) is 14.4 Å². The molecule has 2 heterocycles. The van der Waals surface area contributed by atoms with Crippen LogP contribution in [0.3, 0.4) is 0 Å². The van der Waals surface area contributed by atoms with Crippen LogP contribution in [0.5, 0.6) is 0 Å².